The predicted octanol–water partition coefficient (Wildman–Crippen LogP) is 4.59. The average Bonchev–Trinajstić information content (AvgIpc) is 2.94. The summed E-state index contributed by atoms with van der Waals surface area (Å²) in [5.74, 6) is -1.12. The molecule has 24 heavy (non-hydrogen) atoms. The lowest BCUT2D eigenvalue weighted by molar-refractivity contribution is 0.574. The fourth-order valence-electron chi connectivity index (χ4n) is 2.63. The van der Waals surface area contributed by atoms with Gasteiger partial charge in [-0.3, -0.25) is 9.36 Å². The van der Waals surface area contributed by atoms with Gasteiger partial charge in [-0.05, 0) is 30.3 Å². The molecule has 2 aromatic heterocycles. The fourth-order valence-corrected chi connectivity index (χ4v) is 4.08. The molecule has 0 aliphatic heterocycles. The monoisotopic (exact) mass is 362 g/mol. The molecule has 0 aliphatic carbocycles. The number of halogens is 3. The SMILES string of the molecule is O=c1c2sc3cccc(Cl)c3c2ncn1Cc1cc(F)ccc1F. The van der Waals surface area contributed by atoms with E-state index in [-0.39, 0.29) is 17.7 Å². The normalized spacial score (nSPS) is 11.5. The molecule has 0 amide bonds. The molecule has 0 saturated heterocycles. The molecule has 3 nitrogen and oxygen atoms in total. The van der Waals surface area contributed by atoms with Gasteiger partial charge in [-0.2, -0.15) is 0 Å². The quantitative estimate of drug-likeness (QED) is 0.522. The topological polar surface area (TPSA) is 34.9 Å². The van der Waals surface area contributed by atoms with Crippen LogP contribution in [0.25, 0.3) is 20.3 Å². The molecular formula is C17H9ClF2N2OS. The summed E-state index contributed by atoms with van der Waals surface area (Å²) in [7, 11) is 0. The van der Waals surface area contributed by atoms with E-state index in [0.29, 0.717) is 15.2 Å². The molecule has 0 unspecified atom stereocenters. The highest BCUT2D eigenvalue weighted by molar-refractivity contribution is 7.25. The van der Waals surface area contributed by atoms with Crippen LogP contribution in [0.1, 0.15) is 5.56 Å². The highest BCUT2D eigenvalue weighted by atomic mass is 35.5. The Morgan fingerprint density at radius 1 is 1.21 bits per heavy atom. The van der Waals surface area contributed by atoms with Crippen molar-refractivity contribution in [2.45, 2.75) is 6.54 Å². The zero-order chi connectivity index (χ0) is 16.8. The fraction of sp³-hybridized carbons (Fsp3) is 0.0588. The lowest BCUT2D eigenvalue weighted by atomic mass is 10.2. The van der Waals surface area contributed by atoms with Gasteiger partial charge in [-0.1, -0.05) is 17.7 Å². The zero-order valence-electron chi connectivity index (χ0n) is 12.1. The summed E-state index contributed by atoms with van der Waals surface area (Å²) in [6, 6.07) is 8.57. The second-order valence-electron chi connectivity index (χ2n) is 5.31. The van der Waals surface area contributed by atoms with Gasteiger partial charge in [0.15, 0.2) is 0 Å². The highest BCUT2D eigenvalue weighted by Crippen LogP contribution is 2.35. The maximum Gasteiger partial charge on any atom is 0.271 e. The van der Waals surface area contributed by atoms with E-state index in [2.05, 4.69) is 4.98 Å². The highest BCUT2D eigenvalue weighted by Gasteiger charge is 2.14. The Hall–Kier alpha value is -2.31. The van der Waals surface area contributed by atoms with Crippen molar-refractivity contribution in [1.29, 1.82) is 0 Å². The molecule has 0 spiro atoms. The molecule has 0 radical (unpaired) electrons. The van der Waals surface area contributed by atoms with E-state index in [1.807, 2.05) is 6.07 Å². The molecule has 0 atom stereocenters. The number of aromatic nitrogens is 2. The van der Waals surface area contributed by atoms with Crippen LogP contribution in [0.2, 0.25) is 5.02 Å². The minimum Gasteiger partial charge on any atom is -0.293 e. The van der Waals surface area contributed by atoms with Gasteiger partial charge in [0.25, 0.3) is 5.56 Å². The van der Waals surface area contributed by atoms with Gasteiger partial charge in [0.1, 0.15) is 16.3 Å². The first-order chi connectivity index (χ1) is 11.5. The van der Waals surface area contributed by atoms with E-state index in [4.69, 9.17) is 11.6 Å². The van der Waals surface area contributed by atoms with E-state index in [0.717, 1.165) is 28.3 Å². The number of hydrogen-bond donors (Lipinski definition) is 0. The van der Waals surface area contributed by atoms with Crippen molar-refractivity contribution in [3.63, 3.8) is 0 Å². The number of benzene rings is 2. The van der Waals surface area contributed by atoms with Gasteiger partial charge in [-0.25, -0.2) is 13.8 Å². The Balaban J connectivity index is 1.90. The molecule has 4 aromatic rings. The van der Waals surface area contributed by atoms with Crippen molar-refractivity contribution in [2.75, 3.05) is 0 Å². The number of rotatable bonds is 2. The molecule has 0 saturated carbocycles. The number of thiophene rings is 1. The van der Waals surface area contributed by atoms with Crippen molar-refractivity contribution < 1.29 is 8.78 Å². The molecule has 7 heteroatoms. The third-order valence-electron chi connectivity index (χ3n) is 3.77. The van der Waals surface area contributed by atoms with E-state index < -0.39 is 11.6 Å². The lowest BCUT2D eigenvalue weighted by Gasteiger charge is -2.06. The van der Waals surface area contributed by atoms with Crippen LogP contribution in [-0.2, 0) is 6.54 Å². The average molecular weight is 363 g/mol. The Labute approximate surface area is 143 Å². The van der Waals surface area contributed by atoms with E-state index in [1.54, 1.807) is 12.1 Å². The molecule has 120 valence electrons. The summed E-state index contributed by atoms with van der Waals surface area (Å²) in [6.07, 6.45) is 1.34. The second kappa shape index (κ2) is 5.65. The first-order valence-corrected chi connectivity index (χ1v) is 8.24. The van der Waals surface area contributed by atoms with Crippen molar-refractivity contribution in [1.82, 2.24) is 9.55 Å². The largest absolute Gasteiger partial charge is 0.293 e. The predicted molar refractivity (Wildman–Crippen MR) is 91.9 cm³/mol. The zero-order valence-corrected chi connectivity index (χ0v) is 13.7. The van der Waals surface area contributed by atoms with Gasteiger partial charge in [0.05, 0.1) is 23.4 Å². The lowest BCUT2D eigenvalue weighted by Crippen LogP contribution is -2.20. The maximum absolute atomic E-state index is 13.8. The van der Waals surface area contributed by atoms with Crippen LogP contribution >= 0.6 is 22.9 Å². The van der Waals surface area contributed by atoms with E-state index >= 15 is 0 Å². The van der Waals surface area contributed by atoms with Crippen LogP contribution < -0.4 is 5.56 Å². The van der Waals surface area contributed by atoms with Gasteiger partial charge in [0.2, 0.25) is 0 Å². The van der Waals surface area contributed by atoms with Crippen LogP contribution in [-0.4, -0.2) is 9.55 Å². The van der Waals surface area contributed by atoms with Crippen molar-refractivity contribution in [3.8, 4) is 0 Å². The molecule has 4 rings (SSSR count). The van der Waals surface area contributed by atoms with Crippen LogP contribution in [0.3, 0.4) is 0 Å². The third kappa shape index (κ3) is 2.39. The number of hydrogen-bond acceptors (Lipinski definition) is 3. The molecule has 0 bridgehead atoms. The summed E-state index contributed by atoms with van der Waals surface area (Å²) in [4.78, 5) is 17.0. The summed E-state index contributed by atoms with van der Waals surface area (Å²) in [6.45, 7) is -0.0899. The Kier molecular flexibility index (Phi) is 3.58. The molecule has 2 aromatic carbocycles. The number of nitrogens with zero attached hydrogens (tertiary/aromatic N) is 2. The smallest absolute Gasteiger partial charge is 0.271 e. The van der Waals surface area contributed by atoms with Crippen LogP contribution in [0, 0.1) is 11.6 Å². The number of fused-ring (bicyclic) bond motifs is 3. The van der Waals surface area contributed by atoms with Crippen molar-refractivity contribution >= 4 is 43.2 Å². The molecule has 0 aliphatic rings. The van der Waals surface area contributed by atoms with Gasteiger partial charge in [0, 0.05) is 15.6 Å². The maximum atomic E-state index is 13.8. The first kappa shape index (κ1) is 15.2. The second-order valence-corrected chi connectivity index (χ2v) is 6.77. The van der Waals surface area contributed by atoms with Crippen molar-refractivity contribution in [2.24, 2.45) is 0 Å². The molecule has 2 heterocycles. The van der Waals surface area contributed by atoms with Crippen molar-refractivity contribution in [3.05, 3.63) is 75.3 Å². The Bertz CT molecular complexity index is 1150. The van der Waals surface area contributed by atoms with Crippen LogP contribution in [0.15, 0.2) is 47.5 Å². The summed E-state index contributed by atoms with van der Waals surface area (Å²) < 4.78 is 29.7. The standard InChI is InChI=1S/C17H9ClF2N2OS/c18-11-2-1-3-13-14(11)15-16(24-13)17(23)22(8-21-15)7-9-6-10(19)4-5-12(9)20/h1-6,8H,7H2. The Morgan fingerprint density at radius 2 is 2.04 bits per heavy atom. The summed E-state index contributed by atoms with van der Waals surface area (Å²) >= 11 is 7.49. The van der Waals surface area contributed by atoms with Gasteiger partial charge in [-0.15, -0.1) is 11.3 Å². The summed E-state index contributed by atoms with van der Waals surface area (Å²) in [5.41, 5.74) is 0.319. The summed E-state index contributed by atoms with van der Waals surface area (Å²) in [5, 5.41) is 1.26. The van der Waals surface area contributed by atoms with E-state index in [9.17, 15) is 13.6 Å². The Morgan fingerprint density at radius 3 is 2.88 bits per heavy atom. The molecular weight excluding hydrogens is 354 g/mol. The van der Waals surface area contributed by atoms with Crippen LogP contribution in [0.5, 0.6) is 0 Å². The van der Waals surface area contributed by atoms with Gasteiger partial charge >= 0.3 is 0 Å². The first-order valence-electron chi connectivity index (χ1n) is 7.04. The van der Waals surface area contributed by atoms with E-state index in [1.165, 1.54) is 22.2 Å². The minimum atomic E-state index is -0.567. The van der Waals surface area contributed by atoms with Crippen LogP contribution in [0.4, 0.5) is 8.78 Å². The van der Waals surface area contributed by atoms with Gasteiger partial charge < -0.3 is 0 Å². The minimum absolute atomic E-state index is 0.0899. The molecule has 0 fully saturated rings. The third-order valence-corrected chi connectivity index (χ3v) is 5.22. The molecule has 0 N–H and O–H groups in total.